The second-order valence-corrected chi connectivity index (χ2v) is 3.45. The zero-order chi connectivity index (χ0) is 11.4. The molecule has 6 heteroatoms. The molecule has 0 amide bonds. The first-order chi connectivity index (χ1) is 7.75. The highest BCUT2D eigenvalue weighted by atomic mass is 16.5. The van der Waals surface area contributed by atoms with Gasteiger partial charge in [-0.25, -0.2) is 9.78 Å². The molecule has 0 spiro atoms. The number of rotatable bonds is 3. The Kier molecular flexibility index (Phi) is 3.31. The Morgan fingerprint density at radius 1 is 1.50 bits per heavy atom. The first-order valence-corrected chi connectivity index (χ1v) is 5.06. The van der Waals surface area contributed by atoms with E-state index in [9.17, 15) is 4.79 Å². The Hall–Kier alpha value is -1.69. The minimum absolute atomic E-state index is 0.0466. The van der Waals surface area contributed by atoms with Crippen molar-refractivity contribution >= 4 is 5.97 Å². The van der Waals surface area contributed by atoms with Gasteiger partial charge in [0.15, 0.2) is 0 Å². The van der Waals surface area contributed by atoms with Crippen molar-refractivity contribution in [2.45, 2.75) is 18.9 Å². The molecule has 1 N–H and O–H groups in total. The number of aromatic carboxylic acids is 1. The first-order valence-electron chi connectivity index (χ1n) is 5.06. The third-order valence-corrected chi connectivity index (χ3v) is 2.28. The van der Waals surface area contributed by atoms with Crippen LogP contribution in [0.25, 0.3) is 0 Å². The van der Waals surface area contributed by atoms with E-state index in [2.05, 4.69) is 9.97 Å². The molecule has 2 rings (SSSR count). The summed E-state index contributed by atoms with van der Waals surface area (Å²) in [6.07, 6.45) is 3.02. The maximum atomic E-state index is 10.6. The Balaban J connectivity index is 2.02. The number of carboxylic acids is 1. The van der Waals surface area contributed by atoms with Crippen molar-refractivity contribution in [2.75, 3.05) is 13.2 Å². The molecule has 0 saturated carbocycles. The van der Waals surface area contributed by atoms with E-state index < -0.39 is 5.97 Å². The molecule has 1 aliphatic rings. The van der Waals surface area contributed by atoms with Crippen LogP contribution in [0.15, 0.2) is 12.3 Å². The lowest BCUT2D eigenvalue weighted by molar-refractivity contribution is 0.0234. The fourth-order valence-corrected chi connectivity index (χ4v) is 1.48. The van der Waals surface area contributed by atoms with Crippen molar-refractivity contribution in [3.63, 3.8) is 0 Å². The number of carbonyl (C=O) groups is 1. The average molecular weight is 224 g/mol. The molecule has 1 aromatic rings. The summed E-state index contributed by atoms with van der Waals surface area (Å²) in [5.74, 6) is -1.10. The third kappa shape index (κ3) is 2.66. The van der Waals surface area contributed by atoms with E-state index in [1.165, 1.54) is 6.20 Å². The fourth-order valence-electron chi connectivity index (χ4n) is 1.48. The number of nitrogens with zero attached hydrogens (tertiary/aromatic N) is 2. The molecule has 1 aliphatic heterocycles. The maximum absolute atomic E-state index is 10.6. The van der Waals surface area contributed by atoms with Crippen LogP contribution in [0, 0.1) is 0 Å². The van der Waals surface area contributed by atoms with E-state index in [1.807, 2.05) is 0 Å². The molecule has 1 fully saturated rings. The van der Waals surface area contributed by atoms with Gasteiger partial charge in [0.1, 0.15) is 6.10 Å². The summed E-state index contributed by atoms with van der Waals surface area (Å²) in [5, 5.41) is 8.71. The minimum Gasteiger partial charge on any atom is -0.475 e. The summed E-state index contributed by atoms with van der Waals surface area (Å²) in [7, 11) is 0. The van der Waals surface area contributed by atoms with Gasteiger partial charge in [0.25, 0.3) is 0 Å². The number of ether oxygens (including phenoxy) is 2. The lowest BCUT2D eigenvalue weighted by Crippen LogP contribution is -2.26. The maximum Gasteiger partial charge on any atom is 0.374 e. The largest absolute Gasteiger partial charge is 0.475 e. The summed E-state index contributed by atoms with van der Waals surface area (Å²) in [6.45, 7) is 1.34. The van der Waals surface area contributed by atoms with Crippen LogP contribution in [0.5, 0.6) is 5.88 Å². The predicted octanol–water partition coefficient (Wildman–Crippen LogP) is 0.733. The third-order valence-electron chi connectivity index (χ3n) is 2.28. The standard InChI is InChI=1S/C10H12N2O4/c13-10(14)9-11-4-1-8(12-9)16-7-2-5-15-6-3-7/h1,4,7H,2-3,5-6H2,(H,13,14). The van der Waals surface area contributed by atoms with Gasteiger partial charge in [0.2, 0.25) is 11.7 Å². The summed E-state index contributed by atoms with van der Waals surface area (Å²) >= 11 is 0. The zero-order valence-electron chi connectivity index (χ0n) is 8.63. The van der Waals surface area contributed by atoms with Crippen LogP contribution < -0.4 is 4.74 Å². The second kappa shape index (κ2) is 4.89. The highest BCUT2D eigenvalue weighted by molar-refractivity contribution is 5.83. The van der Waals surface area contributed by atoms with Gasteiger partial charge in [-0.1, -0.05) is 0 Å². The van der Waals surface area contributed by atoms with Crippen molar-refractivity contribution in [1.29, 1.82) is 0 Å². The van der Waals surface area contributed by atoms with Crippen LogP contribution in [0.1, 0.15) is 23.5 Å². The highest BCUT2D eigenvalue weighted by Crippen LogP contribution is 2.15. The van der Waals surface area contributed by atoms with Crippen molar-refractivity contribution in [3.8, 4) is 5.88 Å². The van der Waals surface area contributed by atoms with E-state index in [0.29, 0.717) is 19.1 Å². The molecule has 16 heavy (non-hydrogen) atoms. The van der Waals surface area contributed by atoms with Crippen LogP contribution in [-0.4, -0.2) is 40.4 Å². The fraction of sp³-hybridized carbons (Fsp3) is 0.500. The predicted molar refractivity (Wildman–Crippen MR) is 53.5 cm³/mol. The van der Waals surface area contributed by atoms with Crippen molar-refractivity contribution in [1.82, 2.24) is 9.97 Å². The molecule has 1 aromatic heterocycles. The number of hydrogen-bond donors (Lipinski definition) is 1. The minimum atomic E-state index is -1.16. The number of carboxylic acid groups (broad SMARTS) is 1. The Morgan fingerprint density at radius 2 is 2.25 bits per heavy atom. The van der Waals surface area contributed by atoms with Crippen molar-refractivity contribution in [3.05, 3.63) is 18.1 Å². The molecule has 2 heterocycles. The number of aromatic nitrogens is 2. The SMILES string of the molecule is O=C(O)c1nccc(OC2CCOCC2)n1. The van der Waals surface area contributed by atoms with Crippen molar-refractivity contribution < 1.29 is 19.4 Å². The van der Waals surface area contributed by atoms with Gasteiger partial charge in [0.05, 0.1) is 13.2 Å². The van der Waals surface area contributed by atoms with Crippen LogP contribution in [-0.2, 0) is 4.74 Å². The molecule has 0 aliphatic carbocycles. The Morgan fingerprint density at radius 3 is 2.94 bits per heavy atom. The van der Waals surface area contributed by atoms with E-state index in [0.717, 1.165) is 12.8 Å². The van der Waals surface area contributed by atoms with Gasteiger partial charge in [-0.2, -0.15) is 4.98 Å². The van der Waals surface area contributed by atoms with Crippen LogP contribution in [0.4, 0.5) is 0 Å². The van der Waals surface area contributed by atoms with Gasteiger partial charge in [-0.15, -0.1) is 0 Å². The topological polar surface area (TPSA) is 81.5 Å². The Labute approximate surface area is 92.2 Å². The van der Waals surface area contributed by atoms with Gasteiger partial charge < -0.3 is 14.6 Å². The molecule has 86 valence electrons. The van der Waals surface area contributed by atoms with Crippen molar-refractivity contribution in [2.24, 2.45) is 0 Å². The molecule has 1 saturated heterocycles. The van der Waals surface area contributed by atoms with E-state index in [-0.39, 0.29) is 11.9 Å². The summed E-state index contributed by atoms with van der Waals surface area (Å²) < 4.78 is 10.7. The molecule has 0 unspecified atom stereocenters. The summed E-state index contributed by atoms with van der Waals surface area (Å²) in [4.78, 5) is 18.1. The molecular weight excluding hydrogens is 212 g/mol. The highest BCUT2D eigenvalue weighted by Gasteiger charge is 2.16. The van der Waals surface area contributed by atoms with Gasteiger partial charge in [-0.3, -0.25) is 0 Å². The summed E-state index contributed by atoms with van der Waals surface area (Å²) in [5.41, 5.74) is 0. The lowest BCUT2D eigenvalue weighted by Gasteiger charge is -2.22. The second-order valence-electron chi connectivity index (χ2n) is 3.45. The molecule has 0 atom stereocenters. The van der Waals surface area contributed by atoms with E-state index >= 15 is 0 Å². The van der Waals surface area contributed by atoms with Crippen LogP contribution in [0.3, 0.4) is 0 Å². The first kappa shape index (κ1) is 10.8. The molecule has 0 radical (unpaired) electrons. The molecule has 0 aromatic carbocycles. The monoisotopic (exact) mass is 224 g/mol. The van der Waals surface area contributed by atoms with Crippen LogP contribution >= 0.6 is 0 Å². The lowest BCUT2D eigenvalue weighted by atomic mass is 10.2. The van der Waals surface area contributed by atoms with E-state index in [1.54, 1.807) is 6.07 Å². The zero-order valence-corrected chi connectivity index (χ0v) is 8.63. The van der Waals surface area contributed by atoms with Gasteiger partial charge in [-0.05, 0) is 0 Å². The average Bonchev–Trinajstić information content (AvgIpc) is 2.30. The molecular formula is C10H12N2O4. The van der Waals surface area contributed by atoms with Gasteiger partial charge >= 0.3 is 5.97 Å². The Bertz CT molecular complexity index is 377. The quantitative estimate of drug-likeness (QED) is 0.815. The smallest absolute Gasteiger partial charge is 0.374 e. The normalized spacial score (nSPS) is 17.0. The molecule has 0 bridgehead atoms. The van der Waals surface area contributed by atoms with Crippen LogP contribution in [0.2, 0.25) is 0 Å². The summed E-state index contributed by atoms with van der Waals surface area (Å²) in [6, 6.07) is 1.56. The van der Waals surface area contributed by atoms with Gasteiger partial charge in [0, 0.05) is 25.1 Å². The van der Waals surface area contributed by atoms with E-state index in [4.69, 9.17) is 14.6 Å². The molecule has 6 nitrogen and oxygen atoms in total. The number of hydrogen-bond acceptors (Lipinski definition) is 5.